The number of hydrogen-bond acceptors (Lipinski definition) is 10. The summed E-state index contributed by atoms with van der Waals surface area (Å²) in [5, 5.41) is 15.9. The minimum absolute atomic E-state index is 0.0177. The Hall–Kier alpha value is -3.65. The van der Waals surface area contributed by atoms with Crippen molar-refractivity contribution in [1.82, 2.24) is 9.55 Å². The monoisotopic (exact) mass is 767 g/mol. The fourth-order valence-electron chi connectivity index (χ4n) is 4.23. The highest BCUT2D eigenvalue weighted by Crippen LogP contribution is 2.16. The van der Waals surface area contributed by atoms with E-state index >= 15 is 0 Å². The first kappa shape index (κ1) is 39.5. The number of rotatable bonds is 17. The Labute approximate surface area is 294 Å². The van der Waals surface area contributed by atoms with Crippen LogP contribution in [-0.4, -0.2) is 76.1 Å². The predicted octanol–water partition coefficient (Wildman–Crippen LogP) is 7.59. The smallest absolute Gasteiger partial charge is 0.419 e. The number of alkyl halides is 1. The van der Waals surface area contributed by atoms with Gasteiger partial charge in [0.2, 0.25) is 0 Å². The molecule has 2 aromatic carbocycles. The van der Waals surface area contributed by atoms with Gasteiger partial charge in [-0.2, -0.15) is 0 Å². The van der Waals surface area contributed by atoms with Crippen LogP contribution < -0.4 is 10.6 Å². The van der Waals surface area contributed by atoms with Gasteiger partial charge in [-0.05, 0) is 80.1 Å². The number of unbranched alkanes of at least 4 members (excludes halogenated alkanes) is 2. The minimum atomic E-state index is -0.455. The maximum Gasteiger partial charge on any atom is 0.419 e. The summed E-state index contributed by atoms with van der Waals surface area (Å²) in [5.74, 6) is -0.644. The molecule has 260 valence electrons. The lowest BCUT2D eigenvalue weighted by Crippen LogP contribution is -2.28. The first-order valence-electron chi connectivity index (χ1n) is 16.7. The average molecular weight is 768 g/mol. The number of halogens is 1. The second-order valence-corrected chi connectivity index (χ2v) is 10.3. The molecule has 3 N–H and O–H groups in total. The van der Waals surface area contributed by atoms with Crippen molar-refractivity contribution in [2.75, 3.05) is 42.0 Å². The lowest BCUT2D eigenvalue weighted by Gasteiger charge is -2.20. The van der Waals surface area contributed by atoms with E-state index in [0.29, 0.717) is 29.2 Å². The minimum Gasteiger partial charge on any atom is -0.462 e. The van der Waals surface area contributed by atoms with E-state index in [2.05, 4.69) is 29.5 Å². The number of ether oxygens (including phenoxy) is 3. The molecule has 0 bridgehead atoms. The Balaban J connectivity index is 0.000000462. The van der Waals surface area contributed by atoms with Crippen molar-refractivity contribution >= 4 is 52.0 Å². The molecule has 0 aliphatic rings. The number of aliphatic hydroxyl groups excluding tert-OH is 1. The summed E-state index contributed by atoms with van der Waals surface area (Å²) < 4.78 is 22.8. The summed E-state index contributed by atoms with van der Waals surface area (Å²) in [6.45, 7) is 8.88. The number of aliphatic hydroxyl groups is 1. The van der Waals surface area contributed by atoms with Gasteiger partial charge >= 0.3 is 18.0 Å². The van der Waals surface area contributed by atoms with Crippen LogP contribution in [0.5, 0.6) is 0 Å². The summed E-state index contributed by atoms with van der Waals surface area (Å²) in [5.41, 5.74) is 2.82. The number of esters is 2. The first-order valence-corrected chi connectivity index (χ1v) is 17.5. The molecule has 0 radical (unpaired) electrons. The molecular weight excluding hydrogens is 715 g/mol. The van der Waals surface area contributed by atoms with E-state index in [9.17, 15) is 19.5 Å². The average Bonchev–Trinajstić information content (AvgIpc) is 3.65. The van der Waals surface area contributed by atoms with Gasteiger partial charge in [0.25, 0.3) is 0 Å². The highest BCUT2D eigenvalue weighted by Gasteiger charge is 2.14. The molecule has 0 amide bonds. The molecular formula is C35H51IN4O7. The quantitative estimate of drug-likeness (QED) is 0.0545. The summed E-state index contributed by atoms with van der Waals surface area (Å²) >= 11 is 1.96. The highest BCUT2D eigenvalue weighted by atomic mass is 127. The summed E-state index contributed by atoms with van der Waals surface area (Å²) in [6, 6.07) is 14.3. The SMILES string of the molecule is CCCC[C@@H](CO)Nc1ccc(C(=O)OCC)cc1.CCCC[C@@H](COC(=O)n1ccnc1)Nc1ccc(C(=O)OCC)cc1.[2H]CI. The van der Waals surface area contributed by atoms with Gasteiger partial charge in [0, 0.05) is 31.2 Å². The van der Waals surface area contributed by atoms with Gasteiger partial charge in [0.1, 0.15) is 12.9 Å². The Morgan fingerprint density at radius 3 is 1.70 bits per heavy atom. The molecule has 0 spiro atoms. The molecule has 3 rings (SSSR count). The number of nitrogens with one attached hydrogen (secondary N) is 2. The Kier molecular flexibility index (Phi) is 21.4. The van der Waals surface area contributed by atoms with Crippen LogP contribution in [0.4, 0.5) is 16.2 Å². The number of carbonyl (C=O) groups is 3. The summed E-state index contributed by atoms with van der Waals surface area (Å²) in [7, 11) is 0. The fourth-order valence-corrected chi connectivity index (χ4v) is 4.23. The number of nitrogens with zero attached hydrogens (tertiary/aromatic N) is 2. The van der Waals surface area contributed by atoms with Crippen LogP contribution in [0.15, 0.2) is 67.3 Å². The Morgan fingerprint density at radius 1 is 0.830 bits per heavy atom. The van der Waals surface area contributed by atoms with Crippen LogP contribution in [0.25, 0.3) is 0 Å². The van der Waals surface area contributed by atoms with Crippen molar-refractivity contribution in [3.8, 4) is 0 Å². The molecule has 2 atom stereocenters. The molecule has 0 fully saturated rings. The van der Waals surface area contributed by atoms with Crippen LogP contribution in [0, 0.1) is 0 Å². The number of benzene rings is 2. The van der Waals surface area contributed by atoms with Crippen molar-refractivity contribution in [3.05, 3.63) is 78.4 Å². The number of imidazole rings is 1. The molecule has 3 aromatic rings. The van der Waals surface area contributed by atoms with Crippen LogP contribution in [0.1, 0.15) is 88.3 Å². The van der Waals surface area contributed by atoms with Crippen molar-refractivity contribution < 1.29 is 35.1 Å². The van der Waals surface area contributed by atoms with Crippen molar-refractivity contribution in [2.24, 2.45) is 0 Å². The highest BCUT2D eigenvalue weighted by molar-refractivity contribution is 14.1. The largest absolute Gasteiger partial charge is 0.462 e. The van der Waals surface area contributed by atoms with Crippen LogP contribution >= 0.6 is 22.6 Å². The van der Waals surface area contributed by atoms with Crippen LogP contribution in [0.3, 0.4) is 0 Å². The first-order chi connectivity index (χ1) is 23.3. The molecule has 1 aromatic heterocycles. The molecule has 12 heteroatoms. The fraction of sp³-hybridized carbons (Fsp3) is 0.486. The summed E-state index contributed by atoms with van der Waals surface area (Å²) in [4.78, 5) is 39.4. The maximum absolute atomic E-state index is 11.9. The maximum atomic E-state index is 11.9. The van der Waals surface area contributed by atoms with Crippen molar-refractivity contribution in [2.45, 2.75) is 78.3 Å². The van der Waals surface area contributed by atoms with Gasteiger partial charge in [0.05, 0.1) is 37.0 Å². The molecule has 0 saturated heterocycles. The molecule has 11 nitrogen and oxygen atoms in total. The third-order valence-corrected chi connectivity index (χ3v) is 6.69. The molecule has 1 heterocycles. The number of carbonyl (C=O) groups excluding carboxylic acids is 3. The van der Waals surface area contributed by atoms with Crippen molar-refractivity contribution in [3.63, 3.8) is 0 Å². The van der Waals surface area contributed by atoms with Gasteiger partial charge in [-0.15, -0.1) is 0 Å². The summed E-state index contributed by atoms with van der Waals surface area (Å²) in [6.07, 6.45) is 10.1. The lowest BCUT2D eigenvalue weighted by atomic mass is 10.1. The van der Waals surface area contributed by atoms with E-state index in [-0.39, 0.29) is 37.2 Å². The molecule has 0 saturated carbocycles. The van der Waals surface area contributed by atoms with E-state index in [1.807, 2.05) is 46.9 Å². The van der Waals surface area contributed by atoms with Crippen molar-refractivity contribution in [1.29, 1.82) is 0 Å². The Bertz CT molecular complexity index is 1280. The predicted molar refractivity (Wildman–Crippen MR) is 195 cm³/mol. The van der Waals surface area contributed by atoms with E-state index in [0.717, 1.165) is 49.9 Å². The Morgan fingerprint density at radius 2 is 1.30 bits per heavy atom. The van der Waals surface area contributed by atoms with Gasteiger partial charge < -0.3 is 30.0 Å². The van der Waals surface area contributed by atoms with Gasteiger partial charge in [-0.1, -0.05) is 62.1 Å². The lowest BCUT2D eigenvalue weighted by molar-refractivity contribution is 0.0517. The second-order valence-electron chi connectivity index (χ2n) is 10.3. The van der Waals surface area contributed by atoms with Gasteiger partial charge in [0.15, 0.2) is 0 Å². The molecule has 0 unspecified atom stereocenters. The topological polar surface area (TPSA) is 141 Å². The number of hydrogen-bond donors (Lipinski definition) is 3. The molecule has 0 aliphatic carbocycles. The second kappa shape index (κ2) is 25.4. The molecule has 0 aliphatic heterocycles. The normalized spacial score (nSPS) is 11.7. The standard InChI is InChI=1S/C19H25N3O4.C15H23NO3.CH3I/c1-3-5-6-17(13-26-19(24)22-12-11-20-14-22)21-16-9-7-15(8-10-16)18(23)25-4-2;1-3-5-6-14(11-17)16-13-9-7-12(8-10-13)15(18)19-4-2;1-2/h7-12,14,17,21H,3-6,13H2,1-2H3;7-10,14,16-17H,3-6,11H2,1-2H3;1H3/t17-;14-;/m00./s1/i;;1D. The number of anilines is 2. The van der Waals surface area contributed by atoms with E-state index in [4.69, 9.17) is 15.6 Å². The van der Waals surface area contributed by atoms with Crippen LogP contribution in [0.2, 0.25) is 0 Å². The molecule has 47 heavy (non-hydrogen) atoms. The van der Waals surface area contributed by atoms with Gasteiger partial charge in [-0.3, -0.25) is 0 Å². The van der Waals surface area contributed by atoms with Gasteiger partial charge in [-0.25, -0.2) is 23.9 Å². The zero-order valence-corrected chi connectivity index (χ0v) is 30.1. The van der Waals surface area contributed by atoms with E-state index < -0.39 is 6.09 Å². The van der Waals surface area contributed by atoms with Crippen LogP contribution in [-0.2, 0) is 14.2 Å². The third kappa shape index (κ3) is 16.7. The van der Waals surface area contributed by atoms with E-state index in [1.54, 1.807) is 44.3 Å². The van der Waals surface area contributed by atoms with E-state index in [1.165, 1.54) is 17.1 Å². The zero-order valence-electron chi connectivity index (χ0n) is 29.0. The number of aromatic nitrogens is 2. The third-order valence-electron chi connectivity index (χ3n) is 6.69. The zero-order chi connectivity index (χ0) is 35.6.